The molecule has 2 saturated carbocycles. The minimum Gasteiger partial charge on any atom is -0.407 e. The molecule has 0 aromatic carbocycles. The number of rotatable bonds is 6. The zero-order valence-electron chi connectivity index (χ0n) is 11.0. The van der Waals surface area contributed by atoms with Gasteiger partial charge in [0.15, 0.2) is 0 Å². The Bertz CT molecular complexity index is 392. The molecule has 3 rings (SSSR count). The normalized spacial score (nSPS) is 29.9. The van der Waals surface area contributed by atoms with Crippen LogP contribution in [-0.4, -0.2) is 22.8 Å². The monoisotopic (exact) mass is 250 g/mol. The number of nitrogens with zero attached hydrogens (tertiary/aromatic N) is 2. The van der Waals surface area contributed by atoms with Crippen LogP contribution in [0, 0.1) is 11.8 Å². The van der Waals surface area contributed by atoms with E-state index >= 15 is 0 Å². The Morgan fingerprint density at radius 2 is 2.22 bits per heavy atom. The van der Waals surface area contributed by atoms with Gasteiger partial charge in [-0.05, 0) is 44.1 Å². The van der Waals surface area contributed by atoms with Gasteiger partial charge in [-0.15, -0.1) is 5.10 Å². The third-order valence-corrected chi connectivity index (χ3v) is 4.22. The Hall–Kier alpha value is -1.10. The number of anilines is 1. The van der Waals surface area contributed by atoms with Crippen LogP contribution >= 0.6 is 0 Å². The van der Waals surface area contributed by atoms with Crippen molar-refractivity contribution in [2.24, 2.45) is 11.8 Å². The summed E-state index contributed by atoms with van der Waals surface area (Å²) in [5.41, 5.74) is 0. The first-order valence-corrected chi connectivity index (χ1v) is 7.14. The first kappa shape index (κ1) is 12.0. The smallest absolute Gasteiger partial charge is 0.315 e. The first-order valence-electron chi connectivity index (χ1n) is 7.14. The van der Waals surface area contributed by atoms with Crippen molar-refractivity contribution < 1.29 is 4.42 Å². The van der Waals surface area contributed by atoms with Crippen LogP contribution in [0.25, 0.3) is 0 Å². The highest BCUT2D eigenvalue weighted by Gasteiger charge is 2.40. The van der Waals surface area contributed by atoms with Crippen molar-refractivity contribution in [2.75, 3.05) is 11.9 Å². The van der Waals surface area contributed by atoms with E-state index in [0.29, 0.717) is 24.5 Å². The molecule has 100 valence electrons. The predicted octanol–water partition coefficient (Wildman–Crippen LogP) is 2.17. The fraction of sp³-hybridized carbons (Fsp3) is 0.846. The Balaban J connectivity index is 1.51. The topological polar surface area (TPSA) is 63.0 Å². The zero-order valence-corrected chi connectivity index (χ0v) is 11.0. The van der Waals surface area contributed by atoms with Crippen LogP contribution in [0.4, 0.5) is 6.01 Å². The lowest BCUT2D eigenvalue weighted by atomic mass is 9.96. The van der Waals surface area contributed by atoms with Gasteiger partial charge in [-0.2, -0.15) is 0 Å². The molecule has 18 heavy (non-hydrogen) atoms. The maximum atomic E-state index is 5.60. The molecule has 5 heteroatoms. The molecular formula is C13H22N4O. The molecule has 1 aromatic rings. The van der Waals surface area contributed by atoms with E-state index in [1.807, 2.05) is 0 Å². The molecule has 2 bridgehead atoms. The van der Waals surface area contributed by atoms with Crippen LogP contribution in [0.5, 0.6) is 0 Å². The lowest BCUT2D eigenvalue weighted by Gasteiger charge is -2.21. The van der Waals surface area contributed by atoms with E-state index in [2.05, 4.69) is 27.8 Å². The summed E-state index contributed by atoms with van der Waals surface area (Å²) in [7, 11) is 0. The Morgan fingerprint density at radius 1 is 1.28 bits per heavy atom. The Labute approximate surface area is 108 Å². The van der Waals surface area contributed by atoms with Crippen LogP contribution in [0.2, 0.25) is 0 Å². The zero-order chi connectivity index (χ0) is 12.4. The molecule has 2 aliphatic rings. The molecule has 2 N–H and O–H groups in total. The minimum atomic E-state index is 0.556. The average molecular weight is 250 g/mol. The van der Waals surface area contributed by atoms with Gasteiger partial charge in [0.1, 0.15) is 0 Å². The summed E-state index contributed by atoms with van der Waals surface area (Å²) in [6.07, 6.45) is 6.55. The van der Waals surface area contributed by atoms with Gasteiger partial charge in [-0.1, -0.05) is 18.4 Å². The number of nitrogens with one attached hydrogen (secondary N) is 2. The minimum absolute atomic E-state index is 0.556. The quantitative estimate of drug-likeness (QED) is 0.758. The molecule has 0 saturated heterocycles. The summed E-state index contributed by atoms with van der Waals surface area (Å²) in [6.45, 7) is 3.79. The van der Waals surface area contributed by atoms with Gasteiger partial charge in [0.2, 0.25) is 5.89 Å². The fourth-order valence-electron chi connectivity index (χ4n) is 3.34. The molecule has 0 aliphatic heterocycles. The number of fused-ring (bicyclic) bond motifs is 2. The number of hydrogen-bond acceptors (Lipinski definition) is 5. The maximum Gasteiger partial charge on any atom is 0.315 e. The van der Waals surface area contributed by atoms with Crippen molar-refractivity contribution in [2.45, 2.75) is 51.6 Å². The van der Waals surface area contributed by atoms with Crippen molar-refractivity contribution in [1.29, 1.82) is 0 Å². The molecular weight excluding hydrogens is 228 g/mol. The largest absolute Gasteiger partial charge is 0.407 e. The summed E-state index contributed by atoms with van der Waals surface area (Å²) in [6, 6.07) is 1.15. The highest BCUT2D eigenvalue weighted by Crippen LogP contribution is 2.45. The van der Waals surface area contributed by atoms with Crippen molar-refractivity contribution in [3.63, 3.8) is 0 Å². The van der Waals surface area contributed by atoms with E-state index in [4.69, 9.17) is 4.42 Å². The summed E-state index contributed by atoms with van der Waals surface area (Å²) < 4.78 is 5.60. The van der Waals surface area contributed by atoms with Gasteiger partial charge < -0.3 is 15.1 Å². The summed E-state index contributed by atoms with van der Waals surface area (Å²) in [4.78, 5) is 0. The first-order chi connectivity index (χ1) is 8.85. The summed E-state index contributed by atoms with van der Waals surface area (Å²) >= 11 is 0. The third-order valence-electron chi connectivity index (χ3n) is 4.22. The van der Waals surface area contributed by atoms with Gasteiger partial charge in [-0.3, -0.25) is 0 Å². The van der Waals surface area contributed by atoms with Crippen molar-refractivity contribution in [1.82, 2.24) is 15.5 Å². The van der Waals surface area contributed by atoms with Crippen LogP contribution in [-0.2, 0) is 6.54 Å². The van der Waals surface area contributed by atoms with Gasteiger partial charge in [-0.25, -0.2) is 0 Å². The van der Waals surface area contributed by atoms with Gasteiger partial charge in [0, 0.05) is 6.04 Å². The van der Waals surface area contributed by atoms with Crippen LogP contribution in [0.3, 0.4) is 0 Å². The third kappa shape index (κ3) is 2.51. The molecule has 0 radical (unpaired) electrons. The number of aromatic nitrogens is 2. The second-order valence-corrected chi connectivity index (χ2v) is 5.60. The summed E-state index contributed by atoms with van der Waals surface area (Å²) in [5, 5.41) is 14.8. The highest BCUT2D eigenvalue weighted by molar-refractivity contribution is 5.22. The van der Waals surface area contributed by atoms with E-state index < -0.39 is 0 Å². The number of hydrogen-bond donors (Lipinski definition) is 2. The molecule has 2 aliphatic carbocycles. The average Bonchev–Trinajstić information content (AvgIpc) is 3.06. The van der Waals surface area contributed by atoms with Gasteiger partial charge in [0.05, 0.1) is 6.54 Å². The van der Waals surface area contributed by atoms with Crippen LogP contribution < -0.4 is 10.6 Å². The molecule has 3 atom stereocenters. The molecule has 1 heterocycles. The fourth-order valence-corrected chi connectivity index (χ4v) is 3.34. The molecule has 0 amide bonds. The van der Waals surface area contributed by atoms with Crippen molar-refractivity contribution in [3.8, 4) is 0 Å². The molecule has 5 nitrogen and oxygen atoms in total. The molecule has 0 spiro atoms. The van der Waals surface area contributed by atoms with Crippen molar-refractivity contribution in [3.05, 3.63) is 5.89 Å². The van der Waals surface area contributed by atoms with Crippen molar-refractivity contribution >= 4 is 6.01 Å². The van der Waals surface area contributed by atoms with Crippen LogP contribution in [0.15, 0.2) is 4.42 Å². The lowest BCUT2D eigenvalue weighted by molar-refractivity contribution is 0.419. The second kappa shape index (κ2) is 5.26. The van der Waals surface area contributed by atoms with E-state index in [-0.39, 0.29) is 0 Å². The SMILES string of the molecule is CCCNCc1nnc(NC2CC3CCC2C3)o1. The van der Waals surface area contributed by atoms with E-state index in [1.54, 1.807) is 0 Å². The van der Waals surface area contributed by atoms with Gasteiger partial charge in [0.25, 0.3) is 0 Å². The highest BCUT2D eigenvalue weighted by atomic mass is 16.4. The Kier molecular flexibility index (Phi) is 3.50. The molecule has 1 aromatic heterocycles. The van der Waals surface area contributed by atoms with E-state index in [9.17, 15) is 0 Å². The Morgan fingerprint density at radius 3 is 2.94 bits per heavy atom. The lowest BCUT2D eigenvalue weighted by Crippen LogP contribution is -2.25. The predicted molar refractivity (Wildman–Crippen MR) is 69.2 cm³/mol. The molecule has 2 fully saturated rings. The maximum absolute atomic E-state index is 5.60. The standard InChI is InChI=1S/C13H22N4O/c1-2-5-14-8-12-16-17-13(18-12)15-11-7-9-3-4-10(11)6-9/h9-11,14H,2-8H2,1H3,(H,15,17). The second-order valence-electron chi connectivity index (χ2n) is 5.60. The van der Waals surface area contributed by atoms with Crippen LogP contribution in [0.1, 0.15) is 44.9 Å². The summed E-state index contributed by atoms with van der Waals surface area (Å²) in [5.74, 6) is 2.43. The molecule has 3 unspecified atom stereocenters. The van der Waals surface area contributed by atoms with E-state index in [0.717, 1.165) is 24.8 Å². The van der Waals surface area contributed by atoms with Gasteiger partial charge >= 0.3 is 6.01 Å². The van der Waals surface area contributed by atoms with E-state index in [1.165, 1.54) is 25.7 Å².